The number of nitrogens with one attached hydrogen (secondary N) is 1. The van der Waals surface area contributed by atoms with Crippen molar-refractivity contribution in [2.75, 3.05) is 61.1 Å². The van der Waals surface area contributed by atoms with Crippen LogP contribution < -0.4 is 20.7 Å². The highest BCUT2D eigenvalue weighted by Gasteiger charge is 2.36. The van der Waals surface area contributed by atoms with Gasteiger partial charge in [-0.05, 0) is 70.2 Å². The fourth-order valence-corrected chi connectivity index (χ4v) is 7.49. The number of hydrogen-bond acceptors (Lipinski definition) is 11. The molecule has 1 saturated heterocycles. The van der Waals surface area contributed by atoms with Gasteiger partial charge in [-0.1, -0.05) is 24.6 Å². The molecule has 3 aliphatic heterocycles. The maximum Gasteiger partial charge on any atom is 0.416 e. The summed E-state index contributed by atoms with van der Waals surface area (Å²) in [6.07, 6.45) is -0.0925. The Hall–Kier alpha value is -5.56. The van der Waals surface area contributed by atoms with E-state index in [2.05, 4.69) is 25.4 Å². The molecule has 3 amide bonds. The molecule has 0 atom stereocenters. The number of aryl methyl sites for hydroxylation is 1. The number of piperazine rings is 1. The first-order valence-electron chi connectivity index (χ1n) is 18.9. The fourth-order valence-electron chi connectivity index (χ4n) is 7.26. The summed E-state index contributed by atoms with van der Waals surface area (Å²) in [6.45, 7) is 8.66. The third kappa shape index (κ3) is 8.22. The Labute approximate surface area is 335 Å². The summed E-state index contributed by atoms with van der Waals surface area (Å²) in [5.74, 6) is -0.643. The number of rotatable bonds is 7. The van der Waals surface area contributed by atoms with Crippen molar-refractivity contribution in [2.45, 2.75) is 71.7 Å². The van der Waals surface area contributed by atoms with E-state index in [1.165, 1.54) is 11.2 Å². The molecule has 1 aromatic carbocycles. The molecule has 0 unspecified atom stereocenters. The number of carbonyl (C=O) groups excluding carboxylic acids is 3. The summed E-state index contributed by atoms with van der Waals surface area (Å²) in [5.41, 5.74) is 0.253. The Kier molecular flexibility index (Phi) is 11.2. The molecule has 1 N–H and O–H groups in total. The number of carbonyl (C=O) groups is 3. The van der Waals surface area contributed by atoms with E-state index in [-0.39, 0.29) is 67.0 Å². The Morgan fingerprint density at radius 3 is 2.43 bits per heavy atom. The van der Waals surface area contributed by atoms with Gasteiger partial charge >= 0.3 is 12.3 Å². The normalized spacial score (nSPS) is 16.3. The van der Waals surface area contributed by atoms with Gasteiger partial charge in [-0.15, -0.1) is 5.10 Å². The lowest BCUT2D eigenvalue weighted by Gasteiger charge is -2.37. The number of anilines is 3. The molecule has 3 aliphatic rings. The quantitative estimate of drug-likeness (QED) is 0.266. The van der Waals surface area contributed by atoms with Gasteiger partial charge in [0.05, 0.1) is 46.6 Å². The van der Waals surface area contributed by atoms with Crippen LogP contribution in [0.15, 0.2) is 35.4 Å². The second-order valence-corrected chi connectivity index (χ2v) is 15.4. The highest BCUT2D eigenvalue weighted by atomic mass is 35.5. The molecule has 1 fully saturated rings. The molecule has 308 valence electrons. The molecule has 0 radical (unpaired) electrons. The first kappa shape index (κ1) is 40.6. The van der Waals surface area contributed by atoms with Gasteiger partial charge in [-0.2, -0.15) is 22.7 Å². The van der Waals surface area contributed by atoms with Crippen LogP contribution in [0.2, 0.25) is 5.02 Å². The predicted octanol–water partition coefficient (Wildman–Crippen LogP) is 5.01. The first-order valence-corrected chi connectivity index (χ1v) is 19.3. The average molecular weight is 827 g/mol. The van der Waals surface area contributed by atoms with Crippen LogP contribution in [0.5, 0.6) is 0 Å². The second kappa shape index (κ2) is 16.0. The van der Waals surface area contributed by atoms with E-state index in [9.17, 15) is 32.3 Å². The Balaban J connectivity index is 1.19. The van der Waals surface area contributed by atoms with Crippen molar-refractivity contribution < 1.29 is 37.0 Å². The number of ether oxygens (including phenoxy) is 2. The summed E-state index contributed by atoms with van der Waals surface area (Å²) < 4.78 is 53.6. The molecular formula is C38H42ClF3N10O6. The van der Waals surface area contributed by atoms with Crippen LogP contribution in [0.4, 0.5) is 35.0 Å². The van der Waals surface area contributed by atoms with Crippen molar-refractivity contribution in [3.8, 4) is 0 Å². The van der Waals surface area contributed by atoms with Gasteiger partial charge in [0.2, 0.25) is 11.7 Å². The van der Waals surface area contributed by atoms with Gasteiger partial charge in [-0.3, -0.25) is 19.3 Å². The molecule has 0 bridgehead atoms. The number of amides is 3. The summed E-state index contributed by atoms with van der Waals surface area (Å²) in [7, 11) is 0. The number of fused-ring (bicyclic) bond motifs is 2. The molecule has 16 nitrogen and oxygen atoms in total. The minimum Gasteiger partial charge on any atom is -0.443 e. The molecule has 6 heterocycles. The summed E-state index contributed by atoms with van der Waals surface area (Å²) >= 11 is 6.15. The van der Waals surface area contributed by atoms with Gasteiger partial charge in [0.25, 0.3) is 11.5 Å². The SMILES string of the molecule is CCc1c(N2CCN(C(=O)c3ncnc4c3N(C(=O)OC(C)(C)C)CCC4)CC2)c(=O)n2nc(C3=CCOCC3)nc2n1CC(=O)Nc1ccc(C(F)(F)F)cc1Cl. The molecule has 3 aromatic heterocycles. The average Bonchev–Trinajstić information content (AvgIpc) is 3.64. The van der Waals surface area contributed by atoms with Crippen LogP contribution in [0.3, 0.4) is 0 Å². The highest BCUT2D eigenvalue weighted by Crippen LogP contribution is 2.35. The monoisotopic (exact) mass is 826 g/mol. The van der Waals surface area contributed by atoms with Crippen molar-refractivity contribution in [1.29, 1.82) is 0 Å². The van der Waals surface area contributed by atoms with E-state index in [4.69, 9.17) is 21.1 Å². The zero-order chi connectivity index (χ0) is 41.5. The van der Waals surface area contributed by atoms with Crippen molar-refractivity contribution in [2.24, 2.45) is 0 Å². The van der Waals surface area contributed by atoms with Crippen LogP contribution >= 0.6 is 11.6 Å². The van der Waals surface area contributed by atoms with Crippen LogP contribution in [0.1, 0.15) is 73.8 Å². The molecule has 7 rings (SSSR count). The van der Waals surface area contributed by atoms with Gasteiger partial charge < -0.3 is 29.2 Å². The number of halogens is 4. The lowest BCUT2D eigenvalue weighted by atomic mass is 10.1. The van der Waals surface area contributed by atoms with E-state index < -0.39 is 40.8 Å². The zero-order valence-corrected chi connectivity index (χ0v) is 33.1. The number of hydrogen-bond donors (Lipinski definition) is 1. The summed E-state index contributed by atoms with van der Waals surface area (Å²) in [6, 6.07) is 2.63. The van der Waals surface area contributed by atoms with Crippen LogP contribution in [0.25, 0.3) is 11.4 Å². The largest absolute Gasteiger partial charge is 0.443 e. The molecule has 58 heavy (non-hydrogen) atoms. The topological polar surface area (TPSA) is 169 Å². The van der Waals surface area contributed by atoms with Crippen LogP contribution in [0, 0.1) is 0 Å². The maximum absolute atomic E-state index is 14.4. The number of aromatic nitrogens is 6. The van der Waals surface area contributed by atoms with Crippen molar-refractivity contribution in [1.82, 2.24) is 34.0 Å². The Bertz CT molecular complexity index is 2370. The van der Waals surface area contributed by atoms with E-state index in [1.807, 2.05) is 17.9 Å². The predicted molar refractivity (Wildman–Crippen MR) is 207 cm³/mol. The smallest absolute Gasteiger partial charge is 0.416 e. The summed E-state index contributed by atoms with van der Waals surface area (Å²) in [4.78, 5) is 73.6. The van der Waals surface area contributed by atoms with E-state index >= 15 is 0 Å². The molecule has 0 spiro atoms. The minimum absolute atomic E-state index is 0.0236. The van der Waals surface area contributed by atoms with Gasteiger partial charge in [-0.25, -0.2) is 14.8 Å². The first-order chi connectivity index (χ1) is 27.5. The highest BCUT2D eigenvalue weighted by molar-refractivity contribution is 6.33. The third-order valence-corrected chi connectivity index (χ3v) is 10.3. The lowest BCUT2D eigenvalue weighted by molar-refractivity contribution is -0.137. The molecule has 0 saturated carbocycles. The third-order valence-electron chi connectivity index (χ3n) is 9.95. The standard InChI is InChI=1S/C38H42ClF3N10O6/c1-5-27-31(48-13-15-49(16-14-48)33(54)29-30-26(43-21-44-29)7-6-12-50(30)36(56)58-37(2,3)4)34(55)52-35(46-32(47-52)22-10-17-57-18-11-22)51(27)20-28(53)45-25-9-8-23(19-24(25)39)38(40,41)42/h8-10,19,21H,5-7,11-18,20H2,1-4H3,(H,45,53). The Morgan fingerprint density at radius 1 is 1.02 bits per heavy atom. The zero-order valence-electron chi connectivity index (χ0n) is 32.4. The molecule has 4 aromatic rings. The van der Waals surface area contributed by atoms with Crippen LogP contribution in [-0.4, -0.2) is 103 Å². The van der Waals surface area contributed by atoms with Crippen molar-refractivity contribution >= 4 is 57.9 Å². The fraction of sp³-hybridized carbons (Fsp3) is 0.474. The lowest BCUT2D eigenvalue weighted by Crippen LogP contribution is -2.51. The molecule has 20 heteroatoms. The maximum atomic E-state index is 14.4. The van der Waals surface area contributed by atoms with E-state index in [1.54, 1.807) is 30.2 Å². The van der Waals surface area contributed by atoms with E-state index in [0.29, 0.717) is 61.9 Å². The number of benzene rings is 1. The molecule has 0 aliphatic carbocycles. The van der Waals surface area contributed by atoms with Crippen molar-refractivity contribution in [3.63, 3.8) is 0 Å². The van der Waals surface area contributed by atoms with Crippen molar-refractivity contribution in [3.05, 3.63) is 74.4 Å². The summed E-state index contributed by atoms with van der Waals surface area (Å²) in [5, 5.41) is 6.87. The van der Waals surface area contributed by atoms with Gasteiger partial charge in [0, 0.05) is 32.7 Å². The number of alkyl halides is 3. The van der Waals surface area contributed by atoms with Gasteiger partial charge in [0.1, 0.15) is 24.2 Å². The van der Waals surface area contributed by atoms with Gasteiger partial charge in [0.15, 0.2) is 11.5 Å². The Morgan fingerprint density at radius 2 is 1.78 bits per heavy atom. The number of nitrogens with zero attached hydrogens (tertiary/aromatic N) is 9. The molecular weight excluding hydrogens is 785 g/mol. The minimum atomic E-state index is -4.62. The second-order valence-electron chi connectivity index (χ2n) is 15.0. The van der Waals surface area contributed by atoms with E-state index in [0.717, 1.165) is 28.3 Å². The van der Waals surface area contributed by atoms with Crippen LogP contribution in [-0.2, 0) is 39.8 Å².